The van der Waals surface area contributed by atoms with Crippen molar-refractivity contribution in [3.63, 3.8) is 0 Å². The second-order valence-corrected chi connectivity index (χ2v) is 10.6. The molecular weight excluding hydrogens is 500 g/mol. The Hall–Kier alpha value is -4.15. The van der Waals surface area contributed by atoms with Gasteiger partial charge in [0.1, 0.15) is 0 Å². The number of halogens is 1. The van der Waals surface area contributed by atoms with Crippen molar-refractivity contribution in [3.05, 3.63) is 132 Å². The number of rotatable bonds is 7. The summed E-state index contributed by atoms with van der Waals surface area (Å²) in [6.07, 6.45) is 11.2. The summed E-state index contributed by atoms with van der Waals surface area (Å²) in [6, 6.07) is 34.2. The summed E-state index contributed by atoms with van der Waals surface area (Å²) >= 11 is 6.04. The van der Waals surface area contributed by atoms with E-state index < -0.39 is 0 Å². The van der Waals surface area contributed by atoms with Gasteiger partial charge in [-0.05, 0) is 60.4 Å². The van der Waals surface area contributed by atoms with E-state index in [1.165, 1.54) is 48.3 Å². The van der Waals surface area contributed by atoms with E-state index in [1.54, 1.807) is 0 Å². The maximum absolute atomic E-state index is 6.04. The monoisotopic (exact) mass is 532 g/mol. The molecular formula is C34H33ClN4+2. The average Bonchev–Trinajstić information content (AvgIpc) is 3.54. The van der Waals surface area contributed by atoms with Gasteiger partial charge in [0.25, 0.3) is 0 Å². The van der Waals surface area contributed by atoms with Crippen molar-refractivity contribution in [2.75, 3.05) is 29.9 Å². The van der Waals surface area contributed by atoms with Gasteiger partial charge in [-0.1, -0.05) is 35.9 Å². The standard InChI is InChI=1S/C34H33ClN4/c1-36(31-14-10-30(35)11-15-31)32-18-24-39(25-19-32)33-12-8-29(9-13-33)28-6-4-27(5-7-28)26-37-22-16-34(17-23-37)38-20-2-3-21-38/h4-19,22-25H,2-3,20-21,26H2,1H3/q+2. The molecule has 0 unspecified atom stereocenters. The van der Waals surface area contributed by atoms with Crippen LogP contribution >= 0.6 is 11.6 Å². The summed E-state index contributed by atoms with van der Waals surface area (Å²) in [5, 5.41) is 0.745. The predicted molar refractivity (Wildman–Crippen MR) is 160 cm³/mol. The Labute approximate surface area is 236 Å². The van der Waals surface area contributed by atoms with Crippen LogP contribution in [-0.2, 0) is 6.54 Å². The van der Waals surface area contributed by atoms with Gasteiger partial charge in [-0.3, -0.25) is 0 Å². The third kappa shape index (κ3) is 5.81. The van der Waals surface area contributed by atoms with Crippen molar-refractivity contribution in [2.45, 2.75) is 19.4 Å². The second kappa shape index (κ2) is 11.3. The van der Waals surface area contributed by atoms with Gasteiger partial charge in [-0.15, -0.1) is 0 Å². The highest BCUT2D eigenvalue weighted by Crippen LogP contribution is 2.25. The zero-order chi connectivity index (χ0) is 26.6. The van der Waals surface area contributed by atoms with Crippen molar-refractivity contribution in [2.24, 2.45) is 0 Å². The van der Waals surface area contributed by atoms with Crippen LogP contribution in [0.1, 0.15) is 18.4 Å². The molecule has 6 rings (SSSR count). The van der Waals surface area contributed by atoms with E-state index in [9.17, 15) is 0 Å². The number of nitrogens with zero attached hydrogens (tertiary/aromatic N) is 4. The quantitative estimate of drug-likeness (QED) is 0.210. The van der Waals surface area contributed by atoms with Crippen LogP contribution in [0.2, 0.25) is 5.02 Å². The highest BCUT2D eigenvalue weighted by Gasteiger charge is 2.14. The zero-order valence-corrected chi connectivity index (χ0v) is 23.0. The molecule has 5 aromatic rings. The van der Waals surface area contributed by atoms with Crippen molar-refractivity contribution in [1.29, 1.82) is 0 Å². The molecule has 39 heavy (non-hydrogen) atoms. The summed E-state index contributed by atoms with van der Waals surface area (Å²) in [4.78, 5) is 4.62. The van der Waals surface area contributed by atoms with Gasteiger partial charge in [0.05, 0.1) is 5.69 Å². The van der Waals surface area contributed by atoms with Crippen molar-refractivity contribution in [1.82, 2.24) is 0 Å². The first-order valence-corrected chi connectivity index (χ1v) is 13.9. The average molecular weight is 533 g/mol. The van der Waals surface area contributed by atoms with Crippen LogP contribution in [0.15, 0.2) is 122 Å². The first-order valence-electron chi connectivity index (χ1n) is 13.6. The fraction of sp³-hybridized carbons (Fsp3) is 0.176. The van der Waals surface area contributed by atoms with Crippen LogP contribution < -0.4 is 18.9 Å². The van der Waals surface area contributed by atoms with Crippen LogP contribution in [0, 0.1) is 0 Å². The maximum Gasteiger partial charge on any atom is 0.210 e. The minimum absolute atomic E-state index is 0.745. The molecule has 0 N–H and O–H groups in total. The molecule has 0 radical (unpaired) electrons. The van der Waals surface area contributed by atoms with Crippen molar-refractivity contribution in [3.8, 4) is 16.8 Å². The SMILES string of the molecule is CN(c1ccc(Cl)cc1)c1cc[n+](-c2ccc(-c3ccc(C[n+]4ccc(N5CCCC5)cc4)cc3)cc2)cc1. The fourth-order valence-electron chi connectivity index (χ4n) is 5.21. The van der Waals surface area contributed by atoms with Gasteiger partial charge >= 0.3 is 0 Å². The number of pyridine rings is 2. The number of anilines is 3. The summed E-state index contributed by atoms with van der Waals surface area (Å²) in [7, 11) is 2.06. The lowest BCUT2D eigenvalue weighted by Crippen LogP contribution is -2.33. The maximum atomic E-state index is 6.04. The second-order valence-electron chi connectivity index (χ2n) is 10.2. The number of hydrogen-bond donors (Lipinski definition) is 0. The minimum atomic E-state index is 0.745. The third-order valence-electron chi connectivity index (χ3n) is 7.58. The summed E-state index contributed by atoms with van der Waals surface area (Å²) in [5.41, 5.74) is 8.42. The van der Waals surface area contributed by atoms with Crippen molar-refractivity contribution < 1.29 is 9.13 Å². The summed E-state index contributed by atoms with van der Waals surface area (Å²) < 4.78 is 4.39. The van der Waals surface area contributed by atoms with Gasteiger partial charge in [-0.2, -0.15) is 4.57 Å². The van der Waals surface area contributed by atoms with E-state index >= 15 is 0 Å². The van der Waals surface area contributed by atoms with Crippen LogP contribution in [0.4, 0.5) is 17.1 Å². The molecule has 1 saturated heterocycles. The largest absolute Gasteiger partial charge is 0.371 e. The Balaban J connectivity index is 1.09. The molecule has 3 heterocycles. The lowest BCUT2D eigenvalue weighted by Gasteiger charge is -2.18. The van der Waals surface area contributed by atoms with E-state index in [1.807, 2.05) is 24.3 Å². The topological polar surface area (TPSA) is 14.2 Å². The van der Waals surface area contributed by atoms with E-state index in [4.69, 9.17) is 11.6 Å². The lowest BCUT2D eigenvalue weighted by atomic mass is 10.0. The molecule has 0 amide bonds. The molecule has 3 aromatic carbocycles. The molecule has 0 aliphatic carbocycles. The number of aromatic nitrogens is 2. The molecule has 1 fully saturated rings. The third-order valence-corrected chi connectivity index (χ3v) is 7.83. The van der Waals surface area contributed by atoms with Gasteiger partial charge < -0.3 is 9.80 Å². The Morgan fingerprint density at radius 3 is 1.85 bits per heavy atom. The zero-order valence-electron chi connectivity index (χ0n) is 22.2. The van der Waals surface area contributed by atoms with Crippen LogP contribution in [-0.4, -0.2) is 20.1 Å². The Morgan fingerprint density at radius 2 is 1.23 bits per heavy atom. The lowest BCUT2D eigenvalue weighted by molar-refractivity contribution is -0.688. The Kier molecular flexibility index (Phi) is 7.29. The molecule has 4 nitrogen and oxygen atoms in total. The van der Waals surface area contributed by atoms with Crippen LogP contribution in [0.25, 0.3) is 16.8 Å². The van der Waals surface area contributed by atoms with E-state index in [2.05, 4.69) is 124 Å². The van der Waals surface area contributed by atoms with Gasteiger partial charge in [0, 0.05) is 78.5 Å². The van der Waals surface area contributed by atoms with Crippen LogP contribution in [0.5, 0.6) is 0 Å². The van der Waals surface area contributed by atoms with Crippen LogP contribution in [0.3, 0.4) is 0 Å². The van der Waals surface area contributed by atoms with Gasteiger partial charge in [-0.25, -0.2) is 4.57 Å². The molecule has 0 spiro atoms. The van der Waals surface area contributed by atoms with Gasteiger partial charge in [0.15, 0.2) is 31.3 Å². The van der Waals surface area contributed by atoms with Crippen molar-refractivity contribution >= 4 is 28.7 Å². The fourth-order valence-corrected chi connectivity index (χ4v) is 5.33. The highest BCUT2D eigenvalue weighted by atomic mass is 35.5. The van der Waals surface area contributed by atoms with E-state index in [0.29, 0.717) is 0 Å². The smallest absolute Gasteiger partial charge is 0.210 e. The van der Waals surface area contributed by atoms with Gasteiger partial charge in [0.2, 0.25) is 5.69 Å². The minimum Gasteiger partial charge on any atom is -0.371 e. The molecule has 1 aliphatic heterocycles. The summed E-state index contributed by atoms with van der Waals surface area (Å²) in [5.74, 6) is 0. The molecule has 5 heteroatoms. The molecule has 0 bridgehead atoms. The molecule has 0 atom stereocenters. The number of benzene rings is 3. The normalized spacial score (nSPS) is 13.0. The van der Waals surface area contributed by atoms with E-state index in [0.717, 1.165) is 28.6 Å². The molecule has 0 saturated carbocycles. The Morgan fingerprint density at radius 1 is 0.667 bits per heavy atom. The Bertz CT molecular complexity index is 1510. The first-order chi connectivity index (χ1) is 19.1. The first kappa shape index (κ1) is 25.1. The highest BCUT2D eigenvalue weighted by molar-refractivity contribution is 6.30. The molecule has 194 valence electrons. The summed E-state index contributed by atoms with van der Waals surface area (Å²) in [6.45, 7) is 3.24. The number of hydrogen-bond acceptors (Lipinski definition) is 2. The predicted octanol–water partition coefficient (Wildman–Crippen LogP) is 6.99. The van der Waals surface area contributed by atoms with E-state index in [-0.39, 0.29) is 0 Å². The molecule has 1 aliphatic rings. The molecule has 2 aromatic heterocycles.